The van der Waals surface area contributed by atoms with Gasteiger partial charge < -0.3 is 4.74 Å². The Labute approximate surface area is 129 Å². The molecule has 1 aliphatic rings. The highest BCUT2D eigenvalue weighted by atomic mass is 35.5. The molecule has 0 aliphatic carbocycles. The van der Waals surface area contributed by atoms with E-state index in [1.54, 1.807) is 6.92 Å². The first-order chi connectivity index (χ1) is 9.05. The normalized spacial score (nSPS) is 17.1. The molecule has 0 radical (unpaired) electrons. The maximum atomic E-state index is 12.3. The first kappa shape index (κ1) is 17.4. The Kier molecular flexibility index (Phi) is 6.44. The second-order valence-electron chi connectivity index (χ2n) is 4.30. The molecule has 0 saturated carbocycles. The van der Waals surface area contributed by atoms with Gasteiger partial charge in [0.15, 0.2) is 0 Å². The van der Waals surface area contributed by atoms with Crippen molar-refractivity contribution in [1.29, 1.82) is 0 Å². The molecule has 20 heavy (non-hydrogen) atoms. The first-order valence-electron chi connectivity index (χ1n) is 6.28. The summed E-state index contributed by atoms with van der Waals surface area (Å²) in [7, 11) is -3.35. The van der Waals surface area contributed by atoms with Crippen LogP contribution in [0.2, 0.25) is 0 Å². The topological polar surface area (TPSA) is 63.7 Å². The van der Waals surface area contributed by atoms with Crippen LogP contribution in [0, 0.1) is 0 Å². The number of carbonyl (C=O) groups excluding carboxylic acids is 1. The van der Waals surface area contributed by atoms with Crippen LogP contribution < -0.4 is 0 Å². The van der Waals surface area contributed by atoms with Gasteiger partial charge in [-0.2, -0.15) is 4.31 Å². The lowest BCUT2D eigenvalue weighted by Crippen LogP contribution is -2.37. The zero-order chi connectivity index (χ0) is 13.9. The quantitative estimate of drug-likeness (QED) is 0.770. The van der Waals surface area contributed by atoms with Crippen LogP contribution in [-0.4, -0.2) is 38.4 Å². The molecule has 0 fully saturated rings. The molecule has 0 amide bonds. The van der Waals surface area contributed by atoms with E-state index in [9.17, 15) is 13.2 Å². The number of sulfonamides is 1. The molecule has 1 aromatic rings. The summed E-state index contributed by atoms with van der Waals surface area (Å²) in [6.45, 7) is 2.98. The number of nitrogens with zero attached hydrogens (tertiary/aromatic N) is 1. The van der Waals surface area contributed by atoms with Crippen LogP contribution in [0.1, 0.15) is 25.3 Å². The number of carbonyl (C=O) groups is 1. The van der Waals surface area contributed by atoms with Gasteiger partial charge in [-0.3, -0.25) is 4.79 Å². The minimum Gasteiger partial charge on any atom is -0.466 e. The highest BCUT2D eigenvalue weighted by Gasteiger charge is 2.32. The van der Waals surface area contributed by atoms with Crippen LogP contribution in [0.5, 0.6) is 0 Å². The molecule has 1 aliphatic heterocycles. The van der Waals surface area contributed by atoms with Gasteiger partial charge >= 0.3 is 5.97 Å². The molecule has 0 unspecified atom stereocenters. The number of ether oxygens (including phenoxy) is 1. The van der Waals surface area contributed by atoms with Crippen LogP contribution in [-0.2, 0) is 26.0 Å². The fraction of sp³-hybridized carbons (Fsp3) is 0.583. The lowest BCUT2D eigenvalue weighted by molar-refractivity contribution is -0.143. The summed E-state index contributed by atoms with van der Waals surface area (Å²) in [5.41, 5.74) is 0.909. The summed E-state index contributed by atoms with van der Waals surface area (Å²) in [6, 6.07) is 1.87. The number of rotatable bonds is 5. The Balaban J connectivity index is 0.00000200. The molecule has 0 N–H and O–H groups in total. The van der Waals surface area contributed by atoms with Crippen molar-refractivity contribution in [1.82, 2.24) is 4.31 Å². The summed E-state index contributed by atoms with van der Waals surface area (Å²) < 4.78 is 31.3. The van der Waals surface area contributed by atoms with E-state index in [1.807, 2.05) is 11.4 Å². The van der Waals surface area contributed by atoms with Crippen LogP contribution >= 0.6 is 23.7 Å². The van der Waals surface area contributed by atoms with Gasteiger partial charge in [0.1, 0.15) is 4.21 Å². The van der Waals surface area contributed by atoms with Gasteiger partial charge in [-0.25, -0.2) is 8.42 Å². The number of halogens is 1. The smallest absolute Gasteiger partial charge is 0.305 e. The SMILES string of the molecule is CCOC(=O)CCCN1CCc2ccsc2S1(=O)=O.Cl. The summed E-state index contributed by atoms with van der Waals surface area (Å²) in [6.07, 6.45) is 1.51. The second-order valence-corrected chi connectivity index (χ2v) is 7.35. The maximum Gasteiger partial charge on any atom is 0.305 e. The molecule has 0 atom stereocenters. The molecule has 114 valence electrons. The molecule has 1 aromatic heterocycles. The van der Waals surface area contributed by atoms with E-state index in [0.29, 0.717) is 30.3 Å². The van der Waals surface area contributed by atoms with E-state index < -0.39 is 10.0 Å². The van der Waals surface area contributed by atoms with Gasteiger partial charge in [0.05, 0.1) is 6.61 Å². The summed E-state index contributed by atoms with van der Waals surface area (Å²) in [4.78, 5) is 11.2. The zero-order valence-corrected chi connectivity index (χ0v) is 13.7. The van der Waals surface area contributed by atoms with E-state index in [4.69, 9.17) is 4.74 Å². The average Bonchev–Trinajstić information content (AvgIpc) is 2.82. The van der Waals surface area contributed by atoms with Crippen LogP contribution in [0.15, 0.2) is 15.7 Å². The highest BCUT2D eigenvalue weighted by Crippen LogP contribution is 2.30. The van der Waals surface area contributed by atoms with Crippen LogP contribution in [0.3, 0.4) is 0 Å². The van der Waals surface area contributed by atoms with Crippen LogP contribution in [0.25, 0.3) is 0 Å². The Morgan fingerprint density at radius 1 is 1.50 bits per heavy atom. The number of fused-ring (bicyclic) bond motifs is 1. The summed E-state index contributed by atoms with van der Waals surface area (Å²) in [5.74, 6) is -0.270. The van der Waals surface area contributed by atoms with E-state index in [0.717, 1.165) is 12.0 Å². The fourth-order valence-electron chi connectivity index (χ4n) is 2.08. The Morgan fingerprint density at radius 2 is 2.25 bits per heavy atom. The molecule has 0 spiro atoms. The van der Waals surface area contributed by atoms with E-state index in [2.05, 4.69) is 0 Å². The lowest BCUT2D eigenvalue weighted by Gasteiger charge is -2.25. The molecule has 8 heteroatoms. The number of esters is 1. The zero-order valence-electron chi connectivity index (χ0n) is 11.2. The molecule has 5 nitrogen and oxygen atoms in total. The molecule has 2 rings (SSSR count). The minimum absolute atomic E-state index is 0. The van der Waals surface area contributed by atoms with E-state index in [1.165, 1.54) is 15.6 Å². The van der Waals surface area contributed by atoms with Crippen molar-refractivity contribution < 1.29 is 17.9 Å². The summed E-state index contributed by atoms with van der Waals surface area (Å²) in [5, 5.41) is 1.81. The van der Waals surface area contributed by atoms with Crippen molar-refractivity contribution >= 4 is 39.7 Å². The largest absolute Gasteiger partial charge is 0.466 e. The highest BCUT2D eigenvalue weighted by molar-refractivity contribution is 7.91. The van der Waals surface area contributed by atoms with Crippen molar-refractivity contribution in [3.05, 3.63) is 17.0 Å². The Hall–Kier alpha value is -0.630. The maximum absolute atomic E-state index is 12.3. The third-order valence-electron chi connectivity index (χ3n) is 3.00. The number of hydrogen-bond acceptors (Lipinski definition) is 5. The molecular weight excluding hydrogens is 322 g/mol. The monoisotopic (exact) mass is 339 g/mol. The second kappa shape index (κ2) is 7.40. The minimum atomic E-state index is -3.35. The van der Waals surface area contributed by atoms with Gasteiger partial charge in [0, 0.05) is 19.5 Å². The first-order valence-corrected chi connectivity index (χ1v) is 8.60. The lowest BCUT2D eigenvalue weighted by atomic mass is 10.2. The van der Waals surface area contributed by atoms with Gasteiger partial charge in [-0.15, -0.1) is 23.7 Å². The standard InChI is InChI=1S/C12H17NO4S2.ClH/c1-2-17-11(14)4-3-7-13-8-5-10-6-9-18-12(10)19(13,15)16;/h6,9H,2-5,7-8H2,1H3;1H. The van der Waals surface area contributed by atoms with Crippen molar-refractivity contribution in [2.45, 2.75) is 30.4 Å². The third-order valence-corrected chi connectivity index (χ3v) is 6.45. The molecular formula is C12H18ClNO4S2. The molecule has 0 saturated heterocycles. The molecule has 0 bridgehead atoms. The van der Waals surface area contributed by atoms with E-state index >= 15 is 0 Å². The molecule has 2 heterocycles. The van der Waals surface area contributed by atoms with E-state index in [-0.39, 0.29) is 24.8 Å². The predicted octanol–water partition coefficient (Wildman–Crippen LogP) is 2.06. The van der Waals surface area contributed by atoms with Crippen molar-refractivity contribution in [2.75, 3.05) is 19.7 Å². The Bertz CT molecular complexity index is 556. The van der Waals surface area contributed by atoms with Gasteiger partial charge in [0.25, 0.3) is 10.0 Å². The van der Waals surface area contributed by atoms with Crippen LogP contribution in [0.4, 0.5) is 0 Å². The number of hydrogen-bond donors (Lipinski definition) is 0. The molecule has 0 aromatic carbocycles. The van der Waals surface area contributed by atoms with Crippen molar-refractivity contribution in [2.24, 2.45) is 0 Å². The average molecular weight is 340 g/mol. The van der Waals surface area contributed by atoms with Gasteiger partial charge in [-0.1, -0.05) is 0 Å². The van der Waals surface area contributed by atoms with Gasteiger partial charge in [-0.05, 0) is 36.8 Å². The summed E-state index contributed by atoms with van der Waals surface area (Å²) >= 11 is 1.26. The van der Waals surface area contributed by atoms with Crippen molar-refractivity contribution in [3.63, 3.8) is 0 Å². The third kappa shape index (κ3) is 3.72. The predicted molar refractivity (Wildman–Crippen MR) is 79.9 cm³/mol. The fourth-order valence-corrected chi connectivity index (χ4v) is 5.16. The number of thiophene rings is 1. The van der Waals surface area contributed by atoms with Gasteiger partial charge in [0.2, 0.25) is 0 Å². The Morgan fingerprint density at radius 3 is 2.95 bits per heavy atom. The van der Waals surface area contributed by atoms with Crippen molar-refractivity contribution in [3.8, 4) is 0 Å².